The highest BCUT2D eigenvalue weighted by molar-refractivity contribution is 9.10. The first-order valence-electron chi connectivity index (χ1n) is 5.27. The molecule has 0 fully saturated rings. The lowest BCUT2D eigenvalue weighted by molar-refractivity contribution is 0.405. The van der Waals surface area contributed by atoms with Crippen molar-refractivity contribution in [3.05, 3.63) is 51.8 Å². The van der Waals surface area contributed by atoms with E-state index < -0.39 is 23.2 Å². The van der Waals surface area contributed by atoms with Crippen LogP contribution in [0.1, 0.15) is 5.56 Å². The largest absolute Gasteiger partial charge is 0.451 e. The molecule has 2 N–H and O–H groups in total. The summed E-state index contributed by atoms with van der Waals surface area (Å²) in [6.45, 7) is 1.41. The molecule has 0 saturated heterocycles. The first-order chi connectivity index (χ1) is 8.90. The second kappa shape index (κ2) is 5.13. The Balaban J connectivity index is 2.43. The fourth-order valence-electron chi connectivity index (χ4n) is 1.46. The molecule has 0 amide bonds. The summed E-state index contributed by atoms with van der Waals surface area (Å²) in [4.78, 5) is 0. The molecular formula is C13H9BrF3NO. The zero-order valence-corrected chi connectivity index (χ0v) is 11.4. The van der Waals surface area contributed by atoms with Gasteiger partial charge in [-0.1, -0.05) is 0 Å². The number of anilines is 1. The minimum atomic E-state index is -0.916. The molecule has 0 spiro atoms. The fraction of sp³-hybridized carbons (Fsp3) is 0.0769. The predicted molar refractivity (Wildman–Crippen MR) is 69.7 cm³/mol. The molecule has 0 atom stereocenters. The van der Waals surface area contributed by atoms with Crippen LogP contribution in [0.15, 0.2) is 28.7 Å². The van der Waals surface area contributed by atoms with Crippen molar-refractivity contribution >= 4 is 21.6 Å². The van der Waals surface area contributed by atoms with Crippen molar-refractivity contribution in [2.75, 3.05) is 5.73 Å². The lowest BCUT2D eigenvalue weighted by Crippen LogP contribution is -2.00. The molecule has 0 radical (unpaired) electrons. The molecule has 19 heavy (non-hydrogen) atoms. The van der Waals surface area contributed by atoms with E-state index in [-0.39, 0.29) is 21.5 Å². The van der Waals surface area contributed by atoms with Crippen LogP contribution >= 0.6 is 15.9 Å². The Kier molecular flexibility index (Phi) is 3.71. The summed E-state index contributed by atoms with van der Waals surface area (Å²) in [6, 6.07) is 4.65. The number of rotatable bonds is 2. The van der Waals surface area contributed by atoms with E-state index in [1.54, 1.807) is 0 Å². The molecule has 0 aliphatic rings. The van der Waals surface area contributed by atoms with Crippen LogP contribution in [0.25, 0.3) is 0 Å². The van der Waals surface area contributed by atoms with Crippen LogP contribution in [-0.4, -0.2) is 0 Å². The van der Waals surface area contributed by atoms with Gasteiger partial charge in [-0.05, 0) is 41.1 Å². The summed E-state index contributed by atoms with van der Waals surface area (Å²) in [5, 5.41) is 0. The van der Waals surface area contributed by atoms with Gasteiger partial charge in [0.2, 0.25) is 0 Å². The number of hydrogen-bond acceptors (Lipinski definition) is 2. The number of nitrogens with two attached hydrogens (primary N) is 1. The minimum absolute atomic E-state index is 0.00244. The Labute approximate surface area is 116 Å². The van der Waals surface area contributed by atoms with Crippen LogP contribution < -0.4 is 10.5 Å². The van der Waals surface area contributed by atoms with E-state index in [1.807, 2.05) is 0 Å². The average Bonchev–Trinajstić information content (AvgIpc) is 2.36. The maximum absolute atomic E-state index is 13.9. The first kappa shape index (κ1) is 13.7. The van der Waals surface area contributed by atoms with Crippen molar-refractivity contribution in [1.29, 1.82) is 0 Å². The van der Waals surface area contributed by atoms with Crippen LogP contribution in [-0.2, 0) is 0 Å². The number of ether oxygens (including phenoxy) is 1. The maximum Gasteiger partial charge on any atom is 0.199 e. The zero-order valence-electron chi connectivity index (χ0n) is 9.81. The van der Waals surface area contributed by atoms with Crippen LogP contribution in [0.2, 0.25) is 0 Å². The van der Waals surface area contributed by atoms with Crippen molar-refractivity contribution in [2.24, 2.45) is 0 Å². The number of benzene rings is 2. The molecule has 2 aromatic carbocycles. The molecule has 0 heterocycles. The molecular weight excluding hydrogens is 323 g/mol. The van der Waals surface area contributed by atoms with Gasteiger partial charge >= 0.3 is 0 Å². The van der Waals surface area contributed by atoms with Gasteiger partial charge in [0.25, 0.3) is 0 Å². The van der Waals surface area contributed by atoms with Crippen molar-refractivity contribution in [3.63, 3.8) is 0 Å². The van der Waals surface area contributed by atoms with E-state index in [9.17, 15) is 13.2 Å². The molecule has 2 aromatic rings. The van der Waals surface area contributed by atoms with Gasteiger partial charge in [0.15, 0.2) is 17.4 Å². The molecule has 100 valence electrons. The minimum Gasteiger partial charge on any atom is -0.451 e. The Morgan fingerprint density at radius 3 is 2.42 bits per heavy atom. The molecule has 2 nitrogen and oxygen atoms in total. The Bertz CT molecular complexity index is 646. The van der Waals surface area contributed by atoms with E-state index >= 15 is 0 Å². The van der Waals surface area contributed by atoms with Crippen molar-refractivity contribution in [2.45, 2.75) is 6.92 Å². The third kappa shape index (κ3) is 2.68. The van der Waals surface area contributed by atoms with Gasteiger partial charge in [0.05, 0.1) is 4.47 Å². The number of halogens is 4. The standard InChI is InChI=1S/C13H9BrF3NO/c1-6-11(18)5-10(16)13(12(6)17)19-7-2-3-9(15)8(14)4-7/h2-5H,18H2,1H3. The second-order valence-corrected chi connectivity index (χ2v) is 4.75. The van der Waals surface area contributed by atoms with Crippen molar-refractivity contribution < 1.29 is 17.9 Å². The zero-order chi connectivity index (χ0) is 14.2. The average molecular weight is 332 g/mol. The molecule has 0 aliphatic heterocycles. The topological polar surface area (TPSA) is 35.2 Å². The quantitative estimate of drug-likeness (QED) is 0.819. The van der Waals surface area contributed by atoms with Crippen LogP contribution in [0.5, 0.6) is 11.5 Å². The van der Waals surface area contributed by atoms with Gasteiger partial charge in [-0.15, -0.1) is 0 Å². The summed E-state index contributed by atoms with van der Waals surface area (Å²) < 4.78 is 45.8. The normalized spacial score (nSPS) is 10.6. The third-order valence-corrected chi connectivity index (χ3v) is 3.18. The highest BCUT2D eigenvalue weighted by atomic mass is 79.9. The van der Waals surface area contributed by atoms with Crippen molar-refractivity contribution in [1.82, 2.24) is 0 Å². The molecule has 0 bridgehead atoms. The molecule has 0 aliphatic carbocycles. The SMILES string of the molecule is Cc1c(N)cc(F)c(Oc2ccc(F)c(Br)c2)c1F. The van der Waals surface area contributed by atoms with Crippen LogP contribution in [0.3, 0.4) is 0 Å². The monoisotopic (exact) mass is 331 g/mol. The summed E-state index contributed by atoms with van der Waals surface area (Å²) in [6.07, 6.45) is 0. The summed E-state index contributed by atoms with van der Waals surface area (Å²) in [5.74, 6) is -2.75. The lowest BCUT2D eigenvalue weighted by atomic mass is 10.1. The summed E-state index contributed by atoms with van der Waals surface area (Å²) in [7, 11) is 0. The molecule has 0 unspecified atom stereocenters. The highest BCUT2D eigenvalue weighted by Gasteiger charge is 2.17. The predicted octanol–water partition coefficient (Wildman–Crippen LogP) is 4.55. The van der Waals surface area contributed by atoms with Gasteiger partial charge in [0.1, 0.15) is 11.6 Å². The lowest BCUT2D eigenvalue weighted by Gasteiger charge is -2.11. The molecule has 0 aromatic heterocycles. The maximum atomic E-state index is 13.9. The van der Waals surface area contributed by atoms with Gasteiger partial charge in [-0.2, -0.15) is 0 Å². The van der Waals surface area contributed by atoms with E-state index in [0.717, 1.165) is 12.1 Å². The molecule has 0 saturated carbocycles. The summed E-state index contributed by atoms with van der Waals surface area (Å²) in [5.41, 5.74) is 5.53. The molecule has 2 rings (SSSR count). The van der Waals surface area contributed by atoms with E-state index in [1.165, 1.54) is 19.1 Å². The second-order valence-electron chi connectivity index (χ2n) is 3.89. The van der Waals surface area contributed by atoms with Gasteiger partial charge < -0.3 is 10.5 Å². The van der Waals surface area contributed by atoms with Crippen LogP contribution in [0.4, 0.5) is 18.9 Å². The third-order valence-electron chi connectivity index (χ3n) is 2.57. The summed E-state index contributed by atoms with van der Waals surface area (Å²) >= 11 is 2.96. The molecule has 6 heteroatoms. The smallest absolute Gasteiger partial charge is 0.199 e. The fourth-order valence-corrected chi connectivity index (χ4v) is 1.82. The van der Waals surface area contributed by atoms with E-state index in [2.05, 4.69) is 15.9 Å². The number of nitrogen functional groups attached to an aromatic ring is 1. The Morgan fingerprint density at radius 1 is 1.11 bits per heavy atom. The first-order valence-corrected chi connectivity index (χ1v) is 6.06. The van der Waals surface area contributed by atoms with Gasteiger partial charge in [0, 0.05) is 17.3 Å². The highest BCUT2D eigenvalue weighted by Crippen LogP contribution is 2.33. The Morgan fingerprint density at radius 2 is 1.79 bits per heavy atom. The van der Waals surface area contributed by atoms with E-state index in [4.69, 9.17) is 10.5 Å². The van der Waals surface area contributed by atoms with Gasteiger partial charge in [-0.25, -0.2) is 13.2 Å². The number of hydrogen-bond donors (Lipinski definition) is 1. The Hall–Kier alpha value is -1.69. The van der Waals surface area contributed by atoms with Crippen LogP contribution in [0, 0.1) is 24.4 Å². The van der Waals surface area contributed by atoms with E-state index in [0.29, 0.717) is 0 Å². The van der Waals surface area contributed by atoms with Gasteiger partial charge in [-0.3, -0.25) is 0 Å². The van der Waals surface area contributed by atoms with Crippen molar-refractivity contribution in [3.8, 4) is 11.5 Å².